The van der Waals surface area contributed by atoms with Crippen molar-refractivity contribution in [2.24, 2.45) is 0 Å². The summed E-state index contributed by atoms with van der Waals surface area (Å²) in [5.74, 6) is 0.728. The van der Waals surface area contributed by atoms with Crippen LogP contribution in [0.4, 0.5) is 5.95 Å². The van der Waals surface area contributed by atoms with Gasteiger partial charge in [0.2, 0.25) is 5.95 Å². The maximum atomic E-state index is 4.09. The van der Waals surface area contributed by atoms with E-state index in [4.69, 9.17) is 0 Å². The van der Waals surface area contributed by atoms with Crippen molar-refractivity contribution < 1.29 is 0 Å². The van der Waals surface area contributed by atoms with Crippen LogP contribution >= 0.6 is 0 Å². The molecule has 2 rings (SSSR count). The van der Waals surface area contributed by atoms with Gasteiger partial charge in [-0.15, -0.1) is 0 Å². The van der Waals surface area contributed by atoms with Crippen LogP contribution < -0.4 is 10.6 Å². The van der Waals surface area contributed by atoms with Crippen molar-refractivity contribution in [2.75, 3.05) is 18.4 Å². The number of rotatable bonds is 2. The molecule has 12 heavy (non-hydrogen) atoms. The third-order valence-corrected chi connectivity index (χ3v) is 1.96. The molecule has 64 valence electrons. The zero-order chi connectivity index (χ0) is 8.23. The molecule has 1 atom stereocenters. The molecule has 1 aromatic rings. The zero-order valence-electron chi connectivity index (χ0n) is 6.83. The zero-order valence-corrected chi connectivity index (χ0v) is 6.83. The summed E-state index contributed by atoms with van der Waals surface area (Å²) >= 11 is 0. The van der Waals surface area contributed by atoms with Crippen LogP contribution in [-0.4, -0.2) is 29.1 Å². The Bertz CT molecular complexity index is 230. The van der Waals surface area contributed by atoms with Gasteiger partial charge in [0.15, 0.2) is 0 Å². The van der Waals surface area contributed by atoms with Crippen LogP contribution in [0.3, 0.4) is 0 Å². The van der Waals surface area contributed by atoms with E-state index in [0.717, 1.165) is 25.5 Å². The molecule has 0 aliphatic carbocycles. The molecule has 1 aliphatic heterocycles. The predicted octanol–water partition coefficient (Wildman–Crippen LogP) is 0.250. The molecule has 1 fully saturated rings. The van der Waals surface area contributed by atoms with E-state index in [-0.39, 0.29) is 0 Å². The van der Waals surface area contributed by atoms with Crippen molar-refractivity contribution in [3.8, 4) is 0 Å². The second-order valence-electron chi connectivity index (χ2n) is 2.91. The Kier molecular flexibility index (Phi) is 2.18. The first kappa shape index (κ1) is 7.49. The lowest BCUT2D eigenvalue weighted by Crippen LogP contribution is -2.23. The summed E-state index contributed by atoms with van der Waals surface area (Å²) in [5.41, 5.74) is 0. The van der Waals surface area contributed by atoms with Gasteiger partial charge in [-0.1, -0.05) is 0 Å². The van der Waals surface area contributed by atoms with Crippen LogP contribution in [0.15, 0.2) is 18.5 Å². The van der Waals surface area contributed by atoms with Crippen molar-refractivity contribution >= 4 is 5.95 Å². The molecule has 1 aromatic heterocycles. The minimum Gasteiger partial charge on any atom is -0.350 e. The van der Waals surface area contributed by atoms with Gasteiger partial charge in [-0.25, -0.2) is 9.97 Å². The first-order valence-corrected chi connectivity index (χ1v) is 4.19. The van der Waals surface area contributed by atoms with Crippen LogP contribution in [0, 0.1) is 0 Å². The molecule has 0 amide bonds. The number of nitrogens with one attached hydrogen (secondary N) is 2. The molecule has 2 heterocycles. The number of nitrogens with zero attached hydrogens (tertiary/aromatic N) is 2. The molecule has 1 aliphatic rings. The normalized spacial score (nSPS) is 22.5. The summed E-state index contributed by atoms with van der Waals surface area (Å²) in [5, 5.41) is 6.53. The predicted molar refractivity (Wildman–Crippen MR) is 46.9 cm³/mol. The Hall–Kier alpha value is -1.16. The minimum absolute atomic E-state index is 0.493. The molecule has 0 spiro atoms. The van der Waals surface area contributed by atoms with Gasteiger partial charge in [0.25, 0.3) is 0 Å². The van der Waals surface area contributed by atoms with Crippen LogP contribution in [0.25, 0.3) is 0 Å². The minimum atomic E-state index is 0.493. The van der Waals surface area contributed by atoms with Gasteiger partial charge < -0.3 is 10.6 Å². The molecular formula is C8H12N4. The first-order valence-electron chi connectivity index (χ1n) is 4.19. The SMILES string of the molecule is c1cnc(NC2CCNC2)nc1. The lowest BCUT2D eigenvalue weighted by Gasteiger charge is -2.09. The topological polar surface area (TPSA) is 49.8 Å². The number of hydrogen-bond acceptors (Lipinski definition) is 4. The molecule has 2 N–H and O–H groups in total. The Morgan fingerprint density at radius 2 is 2.25 bits per heavy atom. The lowest BCUT2D eigenvalue weighted by atomic mass is 10.3. The Balaban J connectivity index is 1.94. The fourth-order valence-corrected chi connectivity index (χ4v) is 1.33. The Morgan fingerprint density at radius 3 is 2.92 bits per heavy atom. The smallest absolute Gasteiger partial charge is 0.222 e. The van der Waals surface area contributed by atoms with E-state index in [0.29, 0.717) is 6.04 Å². The van der Waals surface area contributed by atoms with E-state index in [9.17, 15) is 0 Å². The van der Waals surface area contributed by atoms with Crippen molar-refractivity contribution in [3.05, 3.63) is 18.5 Å². The van der Waals surface area contributed by atoms with Gasteiger partial charge in [0.1, 0.15) is 0 Å². The van der Waals surface area contributed by atoms with Gasteiger partial charge in [0.05, 0.1) is 0 Å². The van der Waals surface area contributed by atoms with Gasteiger partial charge >= 0.3 is 0 Å². The maximum Gasteiger partial charge on any atom is 0.222 e. The quantitative estimate of drug-likeness (QED) is 0.658. The Morgan fingerprint density at radius 1 is 1.42 bits per heavy atom. The van der Waals surface area contributed by atoms with Crippen LogP contribution in [0.2, 0.25) is 0 Å². The summed E-state index contributed by atoms with van der Waals surface area (Å²) in [6.45, 7) is 2.10. The summed E-state index contributed by atoms with van der Waals surface area (Å²) in [6.07, 6.45) is 4.65. The average Bonchev–Trinajstić information content (AvgIpc) is 2.59. The highest BCUT2D eigenvalue weighted by atomic mass is 15.1. The molecule has 1 unspecified atom stereocenters. The fourth-order valence-electron chi connectivity index (χ4n) is 1.33. The van der Waals surface area contributed by atoms with Crippen molar-refractivity contribution in [3.63, 3.8) is 0 Å². The fraction of sp³-hybridized carbons (Fsp3) is 0.500. The maximum absolute atomic E-state index is 4.09. The van der Waals surface area contributed by atoms with Gasteiger partial charge in [-0.3, -0.25) is 0 Å². The van der Waals surface area contributed by atoms with E-state index in [2.05, 4.69) is 20.6 Å². The molecule has 4 heteroatoms. The van der Waals surface area contributed by atoms with E-state index < -0.39 is 0 Å². The van der Waals surface area contributed by atoms with E-state index in [1.54, 1.807) is 12.4 Å². The molecule has 0 aromatic carbocycles. The van der Waals surface area contributed by atoms with E-state index >= 15 is 0 Å². The highest BCUT2D eigenvalue weighted by Gasteiger charge is 2.14. The molecule has 4 nitrogen and oxygen atoms in total. The van der Waals surface area contributed by atoms with Crippen LogP contribution in [-0.2, 0) is 0 Å². The van der Waals surface area contributed by atoms with Crippen molar-refractivity contribution in [1.29, 1.82) is 0 Å². The first-order chi connectivity index (χ1) is 5.95. The monoisotopic (exact) mass is 164 g/mol. The largest absolute Gasteiger partial charge is 0.350 e. The number of aromatic nitrogens is 2. The third kappa shape index (κ3) is 1.71. The number of anilines is 1. The molecule has 1 saturated heterocycles. The summed E-state index contributed by atoms with van der Waals surface area (Å²) < 4.78 is 0. The highest BCUT2D eigenvalue weighted by Crippen LogP contribution is 2.04. The molecule has 0 bridgehead atoms. The summed E-state index contributed by atoms with van der Waals surface area (Å²) in [6, 6.07) is 2.31. The highest BCUT2D eigenvalue weighted by molar-refractivity contribution is 5.24. The molecule has 0 radical (unpaired) electrons. The Labute approximate surface area is 71.4 Å². The van der Waals surface area contributed by atoms with E-state index in [1.807, 2.05) is 6.07 Å². The second-order valence-corrected chi connectivity index (χ2v) is 2.91. The van der Waals surface area contributed by atoms with Crippen molar-refractivity contribution in [1.82, 2.24) is 15.3 Å². The summed E-state index contributed by atoms with van der Waals surface area (Å²) in [7, 11) is 0. The standard InChI is InChI=1S/C8H12N4/c1-3-10-8(11-4-1)12-7-2-5-9-6-7/h1,3-4,7,9H,2,5-6H2,(H,10,11,12). The summed E-state index contributed by atoms with van der Waals surface area (Å²) in [4.78, 5) is 8.18. The van der Waals surface area contributed by atoms with Crippen LogP contribution in [0.5, 0.6) is 0 Å². The molecule has 0 saturated carbocycles. The van der Waals surface area contributed by atoms with Gasteiger partial charge in [0, 0.05) is 25.0 Å². The average molecular weight is 164 g/mol. The third-order valence-electron chi connectivity index (χ3n) is 1.96. The van der Waals surface area contributed by atoms with Crippen molar-refractivity contribution in [2.45, 2.75) is 12.5 Å². The molecular weight excluding hydrogens is 152 g/mol. The second kappa shape index (κ2) is 3.49. The van der Waals surface area contributed by atoms with Crippen LogP contribution in [0.1, 0.15) is 6.42 Å². The van der Waals surface area contributed by atoms with E-state index in [1.165, 1.54) is 0 Å². The number of hydrogen-bond donors (Lipinski definition) is 2. The van der Waals surface area contributed by atoms with Gasteiger partial charge in [-0.05, 0) is 19.0 Å². The van der Waals surface area contributed by atoms with Gasteiger partial charge in [-0.2, -0.15) is 0 Å². The lowest BCUT2D eigenvalue weighted by molar-refractivity contribution is 0.780.